The molecule has 0 unspecified atom stereocenters. The van der Waals surface area contributed by atoms with Gasteiger partial charge in [0.2, 0.25) is 0 Å². The van der Waals surface area contributed by atoms with Gasteiger partial charge in [-0.1, -0.05) is 0 Å². The zero-order valence-corrected chi connectivity index (χ0v) is 13.8. The van der Waals surface area contributed by atoms with Gasteiger partial charge in [0.05, 0.1) is 7.11 Å². The highest BCUT2D eigenvalue weighted by Gasteiger charge is 2.17. The van der Waals surface area contributed by atoms with Crippen molar-refractivity contribution in [3.63, 3.8) is 0 Å². The number of hydrogen-bond donors (Lipinski definition) is 0. The second-order valence-electron chi connectivity index (χ2n) is 4.88. The minimum absolute atomic E-state index is 0.963. The van der Waals surface area contributed by atoms with Crippen molar-refractivity contribution in [2.24, 2.45) is 7.05 Å². The van der Waals surface area contributed by atoms with Crippen molar-refractivity contribution in [3.8, 4) is 17.0 Å². The summed E-state index contributed by atoms with van der Waals surface area (Å²) in [5, 5.41) is 0. The lowest BCUT2D eigenvalue weighted by Gasteiger charge is -2.15. The SMILES string of the molecule is COc1c(C)cc(-c2nc(C)n(C)c2Br)c(C)c1C. The Morgan fingerprint density at radius 2 is 1.79 bits per heavy atom. The molecule has 0 aliphatic carbocycles. The van der Waals surface area contributed by atoms with Crippen molar-refractivity contribution in [2.45, 2.75) is 27.7 Å². The van der Waals surface area contributed by atoms with Crippen LogP contribution < -0.4 is 4.74 Å². The van der Waals surface area contributed by atoms with Crippen molar-refractivity contribution >= 4 is 15.9 Å². The Kier molecular flexibility index (Phi) is 3.72. The highest BCUT2D eigenvalue weighted by molar-refractivity contribution is 9.10. The molecule has 0 saturated heterocycles. The van der Waals surface area contributed by atoms with Crippen LogP contribution in [0.5, 0.6) is 5.75 Å². The van der Waals surface area contributed by atoms with Crippen LogP contribution in [0.2, 0.25) is 0 Å². The van der Waals surface area contributed by atoms with Crippen molar-refractivity contribution in [1.82, 2.24) is 9.55 Å². The van der Waals surface area contributed by atoms with Gasteiger partial charge in [0, 0.05) is 12.6 Å². The Hall–Kier alpha value is -1.29. The fourth-order valence-electron chi connectivity index (χ4n) is 2.37. The molecular formula is C15H19BrN2O. The van der Waals surface area contributed by atoms with Crippen LogP contribution in [0.4, 0.5) is 0 Å². The van der Waals surface area contributed by atoms with Crippen molar-refractivity contribution in [1.29, 1.82) is 0 Å². The second-order valence-corrected chi connectivity index (χ2v) is 5.63. The summed E-state index contributed by atoms with van der Waals surface area (Å²) in [6.07, 6.45) is 0. The summed E-state index contributed by atoms with van der Waals surface area (Å²) >= 11 is 3.63. The average Bonchev–Trinajstić information content (AvgIpc) is 2.62. The van der Waals surface area contributed by atoms with Crippen LogP contribution in [0.1, 0.15) is 22.5 Å². The van der Waals surface area contributed by atoms with E-state index in [0.29, 0.717) is 0 Å². The van der Waals surface area contributed by atoms with Crippen LogP contribution in [0, 0.1) is 27.7 Å². The molecule has 102 valence electrons. The lowest BCUT2D eigenvalue weighted by Crippen LogP contribution is -1.97. The Morgan fingerprint density at radius 3 is 2.26 bits per heavy atom. The lowest BCUT2D eigenvalue weighted by atomic mass is 9.97. The number of nitrogens with zero attached hydrogens (tertiary/aromatic N) is 2. The van der Waals surface area contributed by atoms with E-state index in [4.69, 9.17) is 4.74 Å². The van der Waals surface area contributed by atoms with E-state index < -0.39 is 0 Å². The molecule has 0 N–H and O–H groups in total. The van der Waals surface area contributed by atoms with Crippen LogP contribution in [-0.4, -0.2) is 16.7 Å². The van der Waals surface area contributed by atoms with Gasteiger partial charge in [0.15, 0.2) is 0 Å². The van der Waals surface area contributed by atoms with Gasteiger partial charge in [-0.25, -0.2) is 4.98 Å². The Bertz CT molecular complexity index is 644. The Morgan fingerprint density at radius 1 is 1.16 bits per heavy atom. The van der Waals surface area contributed by atoms with E-state index in [2.05, 4.69) is 47.8 Å². The van der Waals surface area contributed by atoms with Crippen molar-refractivity contribution < 1.29 is 4.74 Å². The third-order valence-electron chi connectivity index (χ3n) is 3.73. The largest absolute Gasteiger partial charge is 0.496 e. The molecule has 0 radical (unpaired) electrons. The molecule has 19 heavy (non-hydrogen) atoms. The summed E-state index contributed by atoms with van der Waals surface area (Å²) in [7, 11) is 3.73. The first-order chi connectivity index (χ1) is 8.88. The van der Waals surface area contributed by atoms with Crippen molar-refractivity contribution in [2.75, 3.05) is 7.11 Å². The molecule has 2 aromatic rings. The normalized spacial score (nSPS) is 10.9. The maximum atomic E-state index is 5.47. The maximum Gasteiger partial charge on any atom is 0.124 e. The highest BCUT2D eigenvalue weighted by Crippen LogP contribution is 2.36. The molecule has 1 heterocycles. The molecule has 0 saturated carbocycles. The quantitative estimate of drug-likeness (QED) is 0.832. The maximum absolute atomic E-state index is 5.47. The Labute approximate surface area is 122 Å². The fourth-order valence-corrected chi connectivity index (χ4v) is 2.93. The molecule has 0 spiro atoms. The van der Waals surface area contributed by atoms with Crippen LogP contribution in [0.15, 0.2) is 10.7 Å². The van der Waals surface area contributed by atoms with Crippen LogP contribution in [0.25, 0.3) is 11.3 Å². The van der Waals surface area contributed by atoms with E-state index in [9.17, 15) is 0 Å². The predicted octanol–water partition coefficient (Wildman–Crippen LogP) is 4.09. The number of halogens is 1. The zero-order chi connectivity index (χ0) is 14.3. The summed E-state index contributed by atoms with van der Waals surface area (Å²) in [6, 6.07) is 2.15. The van der Waals surface area contributed by atoms with E-state index in [1.54, 1.807) is 7.11 Å². The number of aromatic nitrogens is 2. The molecule has 0 atom stereocenters. The van der Waals surface area contributed by atoms with Gasteiger partial charge in [-0.15, -0.1) is 0 Å². The lowest BCUT2D eigenvalue weighted by molar-refractivity contribution is 0.408. The first-order valence-corrected chi connectivity index (χ1v) is 7.01. The first kappa shape index (κ1) is 14.1. The van der Waals surface area contributed by atoms with Crippen LogP contribution in [-0.2, 0) is 7.05 Å². The number of imidazole rings is 1. The van der Waals surface area contributed by atoms with Gasteiger partial charge in [-0.2, -0.15) is 0 Å². The summed E-state index contributed by atoms with van der Waals surface area (Å²) in [6.45, 7) is 8.28. The first-order valence-electron chi connectivity index (χ1n) is 6.22. The van der Waals surface area contributed by atoms with Gasteiger partial charge in [-0.3, -0.25) is 0 Å². The predicted molar refractivity (Wildman–Crippen MR) is 81.8 cm³/mol. The van der Waals surface area contributed by atoms with Crippen molar-refractivity contribution in [3.05, 3.63) is 33.2 Å². The average molecular weight is 323 g/mol. The van der Waals surface area contributed by atoms with E-state index in [1.807, 2.05) is 18.5 Å². The molecule has 0 bridgehead atoms. The molecule has 4 heteroatoms. The molecule has 1 aromatic heterocycles. The number of benzene rings is 1. The number of aryl methyl sites for hydroxylation is 2. The van der Waals surface area contributed by atoms with E-state index in [-0.39, 0.29) is 0 Å². The third kappa shape index (κ3) is 2.18. The molecule has 3 nitrogen and oxygen atoms in total. The van der Waals surface area contributed by atoms with E-state index >= 15 is 0 Å². The molecule has 0 amide bonds. The summed E-state index contributed by atoms with van der Waals surface area (Å²) in [4.78, 5) is 4.65. The second kappa shape index (κ2) is 5.00. The van der Waals surface area contributed by atoms with E-state index in [1.165, 1.54) is 11.1 Å². The number of methoxy groups -OCH3 is 1. The molecule has 2 rings (SSSR count). The third-order valence-corrected chi connectivity index (χ3v) is 4.64. The minimum atomic E-state index is 0.963. The van der Waals surface area contributed by atoms with Gasteiger partial charge >= 0.3 is 0 Å². The smallest absolute Gasteiger partial charge is 0.124 e. The molecule has 0 aliphatic heterocycles. The minimum Gasteiger partial charge on any atom is -0.496 e. The summed E-state index contributed by atoms with van der Waals surface area (Å²) < 4.78 is 8.53. The van der Waals surface area contributed by atoms with Crippen LogP contribution >= 0.6 is 15.9 Å². The van der Waals surface area contributed by atoms with Gasteiger partial charge in [0.25, 0.3) is 0 Å². The number of hydrogen-bond acceptors (Lipinski definition) is 2. The molecule has 0 aliphatic rings. The highest BCUT2D eigenvalue weighted by atomic mass is 79.9. The summed E-state index contributed by atoms with van der Waals surface area (Å²) in [5.74, 6) is 1.96. The fraction of sp³-hybridized carbons (Fsp3) is 0.400. The topological polar surface area (TPSA) is 27.1 Å². The molecule has 0 fully saturated rings. The monoisotopic (exact) mass is 322 g/mol. The number of rotatable bonds is 2. The molecule has 1 aromatic carbocycles. The standard InChI is InChI=1S/C15H19BrN2O/c1-8-7-12(9(2)10(3)14(8)19-6)13-15(16)18(5)11(4)17-13/h7H,1-6H3. The summed E-state index contributed by atoms with van der Waals surface area (Å²) in [5.41, 5.74) is 5.67. The van der Waals surface area contributed by atoms with Crippen LogP contribution in [0.3, 0.4) is 0 Å². The van der Waals surface area contributed by atoms with E-state index in [0.717, 1.165) is 33.0 Å². The Balaban J connectivity index is 2.73. The molecular weight excluding hydrogens is 304 g/mol. The van der Waals surface area contributed by atoms with Gasteiger partial charge in [0.1, 0.15) is 21.9 Å². The number of ether oxygens (including phenoxy) is 1. The van der Waals surface area contributed by atoms with Gasteiger partial charge < -0.3 is 9.30 Å². The zero-order valence-electron chi connectivity index (χ0n) is 12.3. The van der Waals surface area contributed by atoms with Gasteiger partial charge in [-0.05, 0) is 66.4 Å².